The Morgan fingerprint density at radius 2 is 0.745 bits per heavy atom. The summed E-state index contributed by atoms with van der Waals surface area (Å²) in [4.78, 5) is 14.6. The zero-order valence-electron chi connectivity index (χ0n) is 27.3. The van der Waals surface area contributed by atoms with Gasteiger partial charge in [0, 0.05) is 16.7 Å². The van der Waals surface area contributed by atoms with E-state index in [9.17, 15) is 0 Å². The number of hydrogen-bond acceptors (Lipinski definition) is 3. The molecule has 3 nitrogen and oxygen atoms in total. The van der Waals surface area contributed by atoms with Gasteiger partial charge < -0.3 is 0 Å². The van der Waals surface area contributed by atoms with Gasteiger partial charge in [0.1, 0.15) is 0 Å². The van der Waals surface area contributed by atoms with E-state index in [1.807, 2.05) is 60.7 Å². The first-order valence-corrected chi connectivity index (χ1v) is 16.4. The van der Waals surface area contributed by atoms with Crippen LogP contribution in [0.15, 0.2) is 140 Å². The summed E-state index contributed by atoms with van der Waals surface area (Å²) in [5, 5.41) is 2.48. The van der Waals surface area contributed by atoms with Gasteiger partial charge in [-0.05, 0) is 73.5 Å². The summed E-state index contributed by atoms with van der Waals surface area (Å²) in [6.45, 7) is 9.51. The van der Waals surface area contributed by atoms with Gasteiger partial charge in [-0.25, -0.2) is 15.0 Å². The number of rotatable bonds is 5. The first kappa shape index (κ1) is 29.0. The molecule has 0 aliphatic heterocycles. The molecule has 228 valence electrons. The molecule has 1 aliphatic carbocycles. The molecule has 0 spiro atoms. The second-order valence-electron chi connectivity index (χ2n) is 14.1. The third kappa shape index (κ3) is 5.42. The summed E-state index contributed by atoms with van der Waals surface area (Å²) in [6.07, 6.45) is 1.18. The molecule has 6 aromatic carbocycles. The Morgan fingerprint density at radius 3 is 1.28 bits per heavy atom. The number of nitrogens with zero attached hydrogens (tertiary/aromatic N) is 3. The Labute approximate surface area is 277 Å². The average Bonchev–Trinajstić information content (AvgIpc) is 3.30. The number of aromatic nitrogens is 3. The maximum absolute atomic E-state index is 4.89. The molecule has 0 fully saturated rings. The zero-order valence-corrected chi connectivity index (χ0v) is 27.3. The molecule has 0 saturated heterocycles. The highest BCUT2D eigenvalue weighted by atomic mass is 15.0. The minimum Gasteiger partial charge on any atom is -0.208 e. The quantitative estimate of drug-likeness (QED) is 0.195. The SMILES string of the molecule is CC1(C)CC(C)(C)c2cc(-c3ccc4cc(-c5ccc(-c6nc(-c7ccccc7)nc(-c7ccccc7)n6)cc5)ccc4c3)ccc21. The van der Waals surface area contributed by atoms with Crippen LogP contribution in [0.4, 0.5) is 0 Å². The maximum atomic E-state index is 4.89. The molecule has 0 N–H and O–H groups in total. The van der Waals surface area contributed by atoms with Gasteiger partial charge in [-0.3, -0.25) is 0 Å². The van der Waals surface area contributed by atoms with Crippen molar-refractivity contribution in [3.63, 3.8) is 0 Å². The molecule has 47 heavy (non-hydrogen) atoms. The van der Waals surface area contributed by atoms with Gasteiger partial charge in [-0.15, -0.1) is 0 Å². The fourth-order valence-electron chi connectivity index (χ4n) is 7.52. The molecule has 1 aliphatic rings. The van der Waals surface area contributed by atoms with Gasteiger partial charge in [0.2, 0.25) is 0 Å². The van der Waals surface area contributed by atoms with E-state index in [0.717, 1.165) is 22.3 Å². The van der Waals surface area contributed by atoms with Crippen molar-refractivity contribution in [2.24, 2.45) is 0 Å². The summed E-state index contributed by atoms with van der Waals surface area (Å²) in [6, 6.07) is 49.4. The number of hydrogen-bond donors (Lipinski definition) is 0. The molecule has 7 aromatic rings. The molecule has 1 heterocycles. The molecule has 0 atom stereocenters. The van der Waals surface area contributed by atoms with Crippen LogP contribution in [0.25, 0.3) is 67.2 Å². The molecule has 1 aromatic heterocycles. The predicted octanol–water partition coefficient (Wildman–Crippen LogP) is 11.3. The molecular weight excluding hydrogens is 571 g/mol. The lowest BCUT2D eigenvalue weighted by molar-refractivity contribution is 0.403. The Morgan fingerprint density at radius 1 is 0.362 bits per heavy atom. The standard InChI is InChI=1S/C44H37N3/c1-43(2)28-44(3,4)39-27-37(23-24-38(39)43)36-22-21-34-25-33(19-20-35(34)26-36)29-15-17-32(18-16-29)42-46-40(30-11-7-5-8-12-30)45-41(47-42)31-13-9-6-10-14-31/h5-27H,28H2,1-4H3. The van der Waals surface area contributed by atoms with E-state index in [2.05, 4.69) is 107 Å². The lowest BCUT2D eigenvalue weighted by atomic mass is 9.82. The van der Waals surface area contributed by atoms with Crippen molar-refractivity contribution in [2.75, 3.05) is 0 Å². The molecular formula is C44H37N3. The van der Waals surface area contributed by atoms with Crippen LogP contribution in [-0.4, -0.2) is 15.0 Å². The Balaban J connectivity index is 1.10. The van der Waals surface area contributed by atoms with E-state index >= 15 is 0 Å². The molecule has 0 amide bonds. The van der Waals surface area contributed by atoms with Crippen LogP contribution in [-0.2, 0) is 10.8 Å². The lowest BCUT2D eigenvalue weighted by Crippen LogP contribution is -2.17. The average molecular weight is 608 g/mol. The maximum Gasteiger partial charge on any atom is 0.164 e. The van der Waals surface area contributed by atoms with E-state index in [-0.39, 0.29) is 10.8 Å². The monoisotopic (exact) mass is 607 g/mol. The van der Waals surface area contributed by atoms with Crippen LogP contribution in [0.2, 0.25) is 0 Å². The van der Waals surface area contributed by atoms with Crippen LogP contribution in [0, 0.1) is 0 Å². The zero-order chi connectivity index (χ0) is 32.2. The summed E-state index contributed by atoms with van der Waals surface area (Å²) < 4.78 is 0. The molecule has 8 rings (SSSR count). The van der Waals surface area contributed by atoms with Gasteiger partial charge in [0.05, 0.1) is 0 Å². The van der Waals surface area contributed by atoms with Crippen molar-refractivity contribution in [2.45, 2.75) is 44.9 Å². The summed E-state index contributed by atoms with van der Waals surface area (Å²) in [5.74, 6) is 1.99. The fraction of sp³-hybridized carbons (Fsp3) is 0.159. The van der Waals surface area contributed by atoms with Crippen molar-refractivity contribution in [1.29, 1.82) is 0 Å². The van der Waals surface area contributed by atoms with Crippen LogP contribution >= 0.6 is 0 Å². The highest BCUT2D eigenvalue weighted by Crippen LogP contribution is 2.50. The lowest BCUT2D eigenvalue weighted by Gasteiger charge is -2.22. The van der Waals surface area contributed by atoms with Gasteiger partial charge in [-0.2, -0.15) is 0 Å². The van der Waals surface area contributed by atoms with E-state index in [1.165, 1.54) is 45.0 Å². The highest BCUT2D eigenvalue weighted by molar-refractivity contribution is 5.91. The Hall–Kier alpha value is -5.41. The number of fused-ring (bicyclic) bond motifs is 2. The van der Waals surface area contributed by atoms with Crippen LogP contribution in [0.1, 0.15) is 45.2 Å². The van der Waals surface area contributed by atoms with Crippen LogP contribution < -0.4 is 0 Å². The topological polar surface area (TPSA) is 38.7 Å². The third-order valence-corrected chi connectivity index (χ3v) is 9.71. The molecule has 0 unspecified atom stereocenters. The highest BCUT2D eigenvalue weighted by Gasteiger charge is 2.41. The molecule has 0 bridgehead atoms. The van der Waals surface area contributed by atoms with E-state index in [4.69, 9.17) is 15.0 Å². The molecule has 0 radical (unpaired) electrons. The predicted molar refractivity (Wildman–Crippen MR) is 195 cm³/mol. The fourth-order valence-corrected chi connectivity index (χ4v) is 7.52. The van der Waals surface area contributed by atoms with Crippen LogP contribution in [0.5, 0.6) is 0 Å². The van der Waals surface area contributed by atoms with Crippen molar-refractivity contribution in [1.82, 2.24) is 15.0 Å². The molecule has 3 heteroatoms. The number of benzene rings is 6. The third-order valence-electron chi connectivity index (χ3n) is 9.71. The van der Waals surface area contributed by atoms with Crippen molar-refractivity contribution in [3.8, 4) is 56.4 Å². The van der Waals surface area contributed by atoms with Gasteiger partial charge in [-0.1, -0.05) is 155 Å². The van der Waals surface area contributed by atoms with E-state index < -0.39 is 0 Å². The smallest absolute Gasteiger partial charge is 0.164 e. The van der Waals surface area contributed by atoms with Gasteiger partial charge in [0.25, 0.3) is 0 Å². The second kappa shape index (κ2) is 11.1. The van der Waals surface area contributed by atoms with E-state index in [1.54, 1.807) is 0 Å². The largest absolute Gasteiger partial charge is 0.208 e. The van der Waals surface area contributed by atoms with Gasteiger partial charge >= 0.3 is 0 Å². The summed E-state index contributed by atoms with van der Waals surface area (Å²) in [7, 11) is 0. The Bertz CT molecular complexity index is 2190. The Kier molecular flexibility index (Phi) is 6.88. The van der Waals surface area contributed by atoms with Crippen molar-refractivity contribution < 1.29 is 0 Å². The van der Waals surface area contributed by atoms with Crippen LogP contribution in [0.3, 0.4) is 0 Å². The second-order valence-corrected chi connectivity index (χ2v) is 14.1. The first-order chi connectivity index (χ1) is 22.7. The first-order valence-electron chi connectivity index (χ1n) is 16.4. The summed E-state index contributed by atoms with van der Waals surface area (Å²) in [5.41, 5.74) is 11.2. The van der Waals surface area contributed by atoms with Gasteiger partial charge in [0.15, 0.2) is 17.5 Å². The minimum atomic E-state index is 0.189. The van der Waals surface area contributed by atoms with Crippen molar-refractivity contribution in [3.05, 3.63) is 151 Å². The van der Waals surface area contributed by atoms with E-state index in [0.29, 0.717) is 17.5 Å². The summed E-state index contributed by atoms with van der Waals surface area (Å²) >= 11 is 0. The molecule has 0 saturated carbocycles. The normalized spacial score (nSPS) is 14.6. The van der Waals surface area contributed by atoms with Crippen molar-refractivity contribution >= 4 is 10.8 Å². The minimum absolute atomic E-state index is 0.189.